The summed E-state index contributed by atoms with van der Waals surface area (Å²) in [5.41, 5.74) is 4.67. The van der Waals surface area contributed by atoms with E-state index in [9.17, 15) is 0 Å². The molecule has 5 heavy (non-hydrogen) atoms. The molecule has 0 fully saturated rings. The molecule has 0 saturated heterocycles. The molecule has 1 unspecified atom stereocenters. The van der Waals surface area contributed by atoms with Crippen molar-refractivity contribution in [2.75, 3.05) is 0 Å². The number of nitrogens with one attached hydrogen (secondary N) is 1. The minimum atomic E-state index is -1.58. The molecule has 3 nitrogen and oxygen atoms in total. The van der Waals surface area contributed by atoms with Crippen LogP contribution in [0.15, 0.2) is 0 Å². The normalized spacial score (nSPS) is 15.0. The molecule has 0 radical (unpaired) electrons. The lowest BCUT2D eigenvalue weighted by Gasteiger charge is -1.90. The average molecular weight is 114 g/mol. The summed E-state index contributed by atoms with van der Waals surface area (Å²) >= 11 is 4.74. The first-order valence-electron chi connectivity index (χ1n) is 0.871. The van der Waals surface area contributed by atoms with Gasteiger partial charge in [0.1, 0.15) is 0 Å². The second kappa shape index (κ2) is 2.82. The quantitative estimate of drug-likeness (QED) is 0.330. The Morgan fingerprint density at radius 2 is 2.20 bits per heavy atom. The first kappa shape index (κ1) is 5.60. The summed E-state index contributed by atoms with van der Waals surface area (Å²) in [5, 5.41) is 0. The van der Waals surface area contributed by atoms with Crippen molar-refractivity contribution < 1.29 is 4.89 Å². The van der Waals surface area contributed by atoms with Gasteiger partial charge in [0.05, 0.1) is 0 Å². The van der Waals surface area contributed by atoms with E-state index in [1.807, 2.05) is 4.61 Å². The van der Waals surface area contributed by atoms with E-state index < -0.39 is 8.45 Å². The summed E-state index contributed by atoms with van der Waals surface area (Å²) in [4.78, 5) is 7.96. The second-order valence-corrected chi connectivity index (χ2v) is 1.79. The topological polar surface area (TPSA) is 58.3 Å². The molecule has 0 spiro atoms. The smallest absolute Gasteiger partial charge is 0.191 e. The van der Waals surface area contributed by atoms with Gasteiger partial charge in [-0.15, -0.1) is 0 Å². The maximum atomic E-state index is 7.96. The zero-order chi connectivity index (χ0) is 4.28. The minimum Gasteiger partial charge on any atom is -0.347 e. The van der Waals surface area contributed by atoms with Crippen LogP contribution < -0.4 is 10.1 Å². The Labute approximate surface area is 36.2 Å². The molecule has 32 valence electrons. The number of hydrogen-bond acceptors (Lipinski definition) is 3. The van der Waals surface area contributed by atoms with E-state index in [2.05, 4.69) is 5.50 Å². The largest absolute Gasteiger partial charge is 0.347 e. The van der Waals surface area contributed by atoms with Gasteiger partial charge < -0.3 is 4.89 Å². The van der Waals surface area contributed by atoms with Gasteiger partial charge in [-0.3, -0.25) is 5.50 Å². The van der Waals surface area contributed by atoms with Gasteiger partial charge in [-0.05, 0) is 11.8 Å². The third-order valence-electron chi connectivity index (χ3n) is 0.0866. The van der Waals surface area contributed by atoms with Gasteiger partial charge in [0, 0.05) is 0 Å². The Kier molecular flexibility index (Phi) is 3.16. The fraction of sp³-hybridized carbons (Fsp3) is 0. The van der Waals surface area contributed by atoms with Gasteiger partial charge in [-0.25, -0.2) is 0 Å². The van der Waals surface area contributed by atoms with Gasteiger partial charge in [-0.2, -0.15) is 4.61 Å². The summed E-state index contributed by atoms with van der Waals surface area (Å²) in [6.07, 6.45) is 0. The van der Waals surface area contributed by atoms with Crippen LogP contribution in [0.4, 0.5) is 0 Å². The lowest BCUT2D eigenvalue weighted by atomic mass is 13.9. The number of rotatable bonds is 1. The van der Waals surface area contributed by atoms with Crippen molar-refractivity contribution in [3.63, 3.8) is 0 Å². The predicted octanol–water partition coefficient (Wildman–Crippen LogP) is -0.0923. The Morgan fingerprint density at radius 3 is 2.20 bits per heavy atom. The Hall–Kier alpha value is 0.600. The van der Waals surface area contributed by atoms with Crippen molar-refractivity contribution in [2.24, 2.45) is 5.50 Å². The molecule has 0 aliphatic rings. The van der Waals surface area contributed by atoms with Crippen LogP contribution in [0.5, 0.6) is 0 Å². The van der Waals surface area contributed by atoms with Crippen molar-refractivity contribution >= 4 is 20.2 Å². The van der Waals surface area contributed by atoms with Crippen molar-refractivity contribution in [2.45, 2.75) is 0 Å². The van der Waals surface area contributed by atoms with Crippen LogP contribution >= 0.6 is 20.2 Å². The summed E-state index contributed by atoms with van der Waals surface area (Å²) in [6.45, 7) is 0. The van der Waals surface area contributed by atoms with Crippen LogP contribution in [0, 0.1) is 0 Å². The van der Waals surface area contributed by atoms with Crippen LogP contribution in [0.1, 0.15) is 0 Å². The Morgan fingerprint density at radius 1 is 2.00 bits per heavy atom. The third-order valence-corrected chi connectivity index (χ3v) is 0.779. The second-order valence-electron chi connectivity index (χ2n) is 0.429. The van der Waals surface area contributed by atoms with Gasteiger partial charge in [0.25, 0.3) is 0 Å². The molecule has 0 aromatic rings. The van der Waals surface area contributed by atoms with E-state index in [1.165, 1.54) is 0 Å². The number of halogens is 1. The van der Waals surface area contributed by atoms with E-state index in [4.69, 9.17) is 16.7 Å². The molecule has 0 aliphatic heterocycles. The molecule has 0 aromatic heterocycles. The molecule has 4 N–H and O–H groups in total. The van der Waals surface area contributed by atoms with Crippen molar-refractivity contribution in [3.05, 3.63) is 0 Å². The van der Waals surface area contributed by atoms with Gasteiger partial charge in [-0.1, -0.05) is 0 Å². The number of nitrogens with two attached hydrogens (primary N) is 1. The zero-order valence-corrected chi connectivity index (χ0v) is 4.00. The summed E-state index contributed by atoms with van der Waals surface area (Å²) in [6, 6.07) is 0. The SMILES string of the molecule is NP(O)NCl. The summed E-state index contributed by atoms with van der Waals surface area (Å²) in [5.74, 6) is 0. The van der Waals surface area contributed by atoms with E-state index in [0.717, 1.165) is 0 Å². The maximum absolute atomic E-state index is 7.96. The molecule has 5 heteroatoms. The van der Waals surface area contributed by atoms with E-state index >= 15 is 0 Å². The highest BCUT2D eigenvalue weighted by Gasteiger charge is 1.82. The monoisotopic (exact) mass is 114 g/mol. The van der Waals surface area contributed by atoms with E-state index in [-0.39, 0.29) is 0 Å². The van der Waals surface area contributed by atoms with Crippen LogP contribution in [-0.4, -0.2) is 4.89 Å². The van der Waals surface area contributed by atoms with Gasteiger partial charge >= 0.3 is 0 Å². The fourth-order valence-electron chi connectivity index (χ4n) is 0. The molecule has 0 amide bonds. The van der Waals surface area contributed by atoms with Crippen LogP contribution in [0.25, 0.3) is 0 Å². The van der Waals surface area contributed by atoms with Crippen molar-refractivity contribution in [1.29, 1.82) is 0 Å². The van der Waals surface area contributed by atoms with E-state index in [1.54, 1.807) is 0 Å². The van der Waals surface area contributed by atoms with Crippen LogP contribution in [-0.2, 0) is 0 Å². The van der Waals surface area contributed by atoms with Gasteiger partial charge in [0.2, 0.25) is 0 Å². The lowest BCUT2D eigenvalue weighted by molar-refractivity contribution is 0.622. The van der Waals surface area contributed by atoms with Crippen LogP contribution in [0.3, 0.4) is 0 Å². The molecular formula is H4ClN2OP. The van der Waals surface area contributed by atoms with Gasteiger partial charge in [0.15, 0.2) is 8.45 Å². The van der Waals surface area contributed by atoms with Crippen molar-refractivity contribution in [3.8, 4) is 0 Å². The molecule has 0 aliphatic carbocycles. The summed E-state index contributed by atoms with van der Waals surface area (Å²) < 4.78 is 1.90. The first-order valence-corrected chi connectivity index (χ1v) is 2.61. The Balaban J connectivity index is 2.54. The molecular weight excluding hydrogens is 110 g/mol. The molecule has 0 aromatic carbocycles. The van der Waals surface area contributed by atoms with Crippen LogP contribution in [0.2, 0.25) is 0 Å². The molecule has 0 saturated carbocycles. The zero-order valence-electron chi connectivity index (χ0n) is 2.35. The molecule has 0 bridgehead atoms. The minimum absolute atomic E-state index is 1.58. The highest BCUT2D eigenvalue weighted by atomic mass is 35.5. The standard InChI is InChI=1S/ClH4N2OP/c1-3-5(2)4/h3-4H,2H2. The summed E-state index contributed by atoms with van der Waals surface area (Å²) in [7, 11) is -1.58. The molecule has 1 atom stereocenters. The number of hydrogen-bond donors (Lipinski definition) is 3. The van der Waals surface area contributed by atoms with E-state index in [0.29, 0.717) is 0 Å². The predicted molar refractivity (Wildman–Crippen MR) is 22.3 cm³/mol. The lowest BCUT2D eigenvalue weighted by Crippen LogP contribution is -1.96. The highest BCUT2D eigenvalue weighted by Crippen LogP contribution is 2.09. The third kappa shape index (κ3) is 4.60. The maximum Gasteiger partial charge on any atom is 0.191 e. The molecule has 0 rings (SSSR count). The molecule has 0 heterocycles. The van der Waals surface area contributed by atoms with Crippen molar-refractivity contribution in [1.82, 2.24) is 4.61 Å². The fourth-order valence-corrected chi connectivity index (χ4v) is 0. The Bertz CT molecular complexity index is 23.6. The highest BCUT2D eigenvalue weighted by molar-refractivity contribution is 7.48. The average Bonchev–Trinajstić information content (AvgIpc) is 1.38. The first-order chi connectivity index (χ1) is 2.27.